The highest BCUT2D eigenvalue weighted by Crippen LogP contribution is 2.37. The van der Waals surface area contributed by atoms with Crippen LogP contribution in [0.5, 0.6) is 0 Å². The molecule has 3 aromatic rings. The molecule has 0 amide bonds. The summed E-state index contributed by atoms with van der Waals surface area (Å²) in [6.45, 7) is 4.12. The summed E-state index contributed by atoms with van der Waals surface area (Å²) in [5.41, 5.74) is 7.93. The second kappa shape index (κ2) is 4.61. The molecule has 4 rings (SSSR count). The fourth-order valence-corrected chi connectivity index (χ4v) is 2.71. The molecular weight excluding hydrogens is 282 g/mol. The number of fused-ring (bicyclic) bond motifs is 1. The van der Waals surface area contributed by atoms with E-state index in [0.29, 0.717) is 17.4 Å². The number of aromatic nitrogens is 4. The van der Waals surface area contributed by atoms with Gasteiger partial charge in [-0.1, -0.05) is 24.2 Å². The Balaban J connectivity index is 1.76. The van der Waals surface area contributed by atoms with Crippen LogP contribution in [-0.2, 0) is 5.54 Å². The van der Waals surface area contributed by atoms with Crippen molar-refractivity contribution in [2.24, 2.45) is 5.73 Å². The average Bonchev–Trinajstić information content (AvgIpc) is 3.10. The van der Waals surface area contributed by atoms with Crippen molar-refractivity contribution in [2.75, 3.05) is 0 Å². The average molecular weight is 299 g/mol. The fraction of sp³-hybridized carbons (Fsp3) is 0.467. The van der Waals surface area contributed by atoms with Crippen LogP contribution < -0.4 is 5.73 Å². The summed E-state index contributed by atoms with van der Waals surface area (Å²) in [6.07, 6.45) is 4.55. The molecule has 1 saturated carbocycles. The number of rotatable bonds is 3. The van der Waals surface area contributed by atoms with Crippen LogP contribution in [0.4, 0.5) is 0 Å². The molecule has 7 nitrogen and oxygen atoms in total. The van der Waals surface area contributed by atoms with E-state index in [1.807, 2.05) is 6.07 Å². The smallest absolute Gasteiger partial charge is 0.259 e. The van der Waals surface area contributed by atoms with Gasteiger partial charge >= 0.3 is 0 Å². The first-order valence-corrected chi connectivity index (χ1v) is 7.45. The van der Waals surface area contributed by atoms with Crippen molar-refractivity contribution in [3.8, 4) is 11.5 Å². The second-order valence-electron chi connectivity index (χ2n) is 6.23. The summed E-state index contributed by atoms with van der Waals surface area (Å²) >= 11 is 0. The maximum Gasteiger partial charge on any atom is 0.259 e. The van der Waals surface area contributed by atoms with Gasteiger partial charge in [0.25, 0.3) is 11.6 Å². The normalized spacial score (nSPS) is 17.1. The molecule has 0 saturated heterocycles. The van der Waals surface area contributed by atoms with Crippen molar-refractivity contribution in [2.45, 2.75) is 44.6 Å². The van der Waals surface area contributed by atoms with E-state index in [4.69, 9.17) is 14.8 Å². The van der Waals surface area contributed by atoms with Crippen molar-refractivity contribution in [1.29, 1.82) is 0 Å². The van der Waals surface area contributed by atoms with Crippen LogP contribution in [0.1, 0.15) is 50.5 Å². The Morgan fingerprint density at radius 3 is 2.73 bits per heavy atom. The lowest BCUT2D eigenvalue weighted by Gasteiger charge is -2.34. The number of nitrogens with zero attached hydrogens (tertiary/aromatic N) is 4. The highest BCUT2D eigenvalue weighted by Gasteiger charge is 2.39. The summed E-state index contributed by atoms with van der Waals surface area (Å²) in [4.78, 5) is 8.72. The van der Waals surface area contributed by atoms with Crippen LogP contribution in [0.2, 0.25) is 0 Å². The Morgan fingerprint density at radius 2 is 2.05 bits per heavy atom. The molecule has 2 N–H and O–H groups in total. The van der Waals surface area contributed by atoms with E-state index in [-0.39, 0.29) is 5.92 Å². The van der Waals surface area contributed by atoms with E-state index in [9.17, 15) is 0 Å². The first kappa shape index (κ1) is 13.4. The van der Waals surface area contributed by atoms with E-state index >= 15 is 0 Å². The maximum atomic E-state index is 6.23. The minimum Gasteiger partial charge on any atom is -0.336 e. The van der Waals surface area contributed by atoms with Crippen LogP contribution in [0.25, 0.3) is 22.6 Å². The third-order valence-electron chi connectivity index (χ3n) is 4.27. The van der Waals surface area contributed by atoms with Crippen molar-refractivity contribution in [1.82, 2.24) is 20.3 Å². The summed E-state index contributed by atoms with van der Waals surface area (Å²) in [5.74, 6) is 1.25. The van der Waals surface area contributed by atoms with Crippen molar-refractivity contribution >= 4 is 11.1 Å². The molecule has 1 aliphatic carbocycles. The molecule has 0 aliphatic heterocycles. The Hall–Kier alpha value is -2.28. The number of nitrogens with two attached hydrogens (primary N) is 1. The van der Waals surface area contributed by atoms with Crippen LogP contribution in [0.15, 0.2) is 21.3 Å². The lowest BCUT2D eigenvalue weighted by Crippen LogP contribution is -2.44. The van der Waals surface area contributed by atoms with Gasteiger partial charge in [-0.25, -0.2) is 4.98 Å². The first-order valence-electron chi connectivity index (χ1n) is 7.45. The van der Waals surface area contributed by atoms with Crippen LogP contribution >= 0.6 is 0 Å². The Kier molecular flexibility index (Phi) is 2.80. The lowest BCUT2D eigenvalue weighted by molar-refractivity contribution is 0.229. The molecule has 7 heteroatoms. The molecule has 0 atom stereocenters. The molecule has 0 aromatic carbocycles. The summed E-state index contributed by atoms with van der Waals surface area (Å²) in [7, 11) is 0. The van der Waals surface area contributed by atoms with E-state index in [2.05, 4.69) is 34.1 Å². The molecule has 3 heterocycles. The number of hydrogen-bond donors (Lipinski definition) is 1. The molecule has 22 heavy (non-hydrogen) atoms. The van der Waals surface area contributed by atoms with E-state index in [0.717, 1.165) is 35.9 Å². The molecule has 1 fully saturated rings. The van der Waals surface area contributed by atoms with Crippen LogP contribution in [0.3, 0.4) is 0 Å². The third kappa shape index (κ3) is 1.93. The highest BCUT2D eigenvalue weighted by atomic mass is 16.5. The maximum absolute atomic E-state index is 6.23. The van der Waals surface area contributed by atoms with Gasteiger partial charge in [0.15, 0.2) is 5.82 Å². The fourth-order valence-electron chi connectivity index (χ4n) is 2.71. The topological polar surface area (TPSA) is 104 Å². The van der Waals surface area contributed by atoms with E-state index in [1.165, 1.54) is 0 Å². The van der Waals surface area contributed by atoms with Crippen LogP contribution in [-0.4, -0.2) is 20.3 Å². The van der Waals surface area contributed by atoms with E-state index in [1.54, 1.807) is 6.20 Å². The Bertz CT molecular complexity index is 831. The van der Waals surface area contributed by atoms with Gasteiger partial charge in [0.2, 0.25) is 0 Å². The number of pyridine rings is 1. The zero-order valence-electron chi connectivity index (χ0n) is 12.5. The van der Waals surface area contributed by atoms with Gasteiger partial charge in [-0.3, -0.25) is 0 Å². The van der Waals surface area contributed by atoms with Gasteiger partial charge in [-0.2, -0.15) is 4.98 Å². The molecule has 0 unspecified atom stereocenters. The monoisotopic (exact) mass is 299 g/mol. The lowest BCUT2D eigenvalue weighted by atomic mass is 9.77. The predicted octanol–water partition coefficient (Wildman–Crippen LogP) is 2.73. The number of hydrogen-bond acceptors (Lipinski definition) is 7. The molecule has 0 bridgehead atoms. The Morgan fingerprint density at radius 1 is 1.23 bits per heavy atom. The summed E-state index contributed by atoms with van der Waals surface area (Å²) in [6, 6.07) is 1.93. The van der Waals surface area contributed by atoms with Crippen molar-refractivity contribution < 1.29 is 9.05 Å². The summed E-state index contributed by atoms with van der Waals surface area (Å²) < 4.78 is 10.6. The molecule has 0 radical (unpaired) electrons. The first-order chi connectivity index (χ1) is 10.6. The second-order valence-corrected chi connectivity index (χ2v) is 6.23. The Labute approximate surface area is 126 Å². The third-order valence-corrected chi connectivity index (χ3v) is 4.27. The molecule has 1 aliphatic rings. The van der Waals surface area contributed by atoms with E-state index < -0.39 is 5.54 Å². The van der Waals surface area contributed by atoms with Gasteiger partial charge in [-0.15, -0.1) is 0 Å². The van der Waals surface area contributed by atoms with Gasteiger partial charge in [0, 0.05) is 6.20 Å². The largest absolute Gasteiger partial charge is 0.336 e. The zero-order chi connectivity index (χ0) is 15.3. The molecule has 114 valence electrons. The van der Waals surface area contributed by atoms with Crippen molar-refractivity contribution in [3.05, 3.63) is 23.8 Å². The van der Waals surface area contributed by atoms with Crippen LogP contribution in [0, 0.1) is 0 Å². The highest BCUT2D eigenvalue weighted by molar-refractivity contribution is 5.80. The van der Waals surface area contributed by atoms with Gasteiger partial charge in [0.1, 0.15) is 0 Å². The molecular formula is C15H17N5O2. The zero-order valence-corrected chi connectivity index (χ0v) is 12.5. The minimum absolute atomic E-state index is 0.249. The minimum atomic E-state index is -0.431. The SMILES string of the molecule is CC(C)c1noc2ncc(-c3nc(C4(N)CCC4)no3)cc12. The predicted molar refractivity (Wildman–Crippen MR) is 78.9 cm³/mol. The van der Waals surface area contributed by atoms with Gasteiger partial charge in [-0.05, 0) is 31.2 Å². The molecule has 0 spiro atoms. The van der Waals surface area contributed by atoms with Gasteiger partial charge in [0.05, 0.1) is 22.2 Å². The van der Waals surface area contributed by atoms with Gasteiger partial charge < -0.3 is 14.8 Å². The quantitative estimate of drug-likeness (QED) is 0.792. The standard InChI is InChI=1S/C15H17N5O2/c1-8(2)11-10-6-9(7-17-13(10)22-19-11)12-18-14(20-21-12)15(16)4-3-5-15/h6-8H,3-5,16H2,1-2H3. The molecule has 3 aromatic heterocycles. The van der Waals surface area contributed by atoms with Crippen molar-refractivity contribution in [3.63, 3.8) is 0 Å². The summed E-state index contributed by atoms with van der Waals surface area (Å²) in [5, 5.41) is 8.98.